The SMILES string of the molecule is O=C1N[C@H](c2ccccc2)CN(C2c3ccccc3CCc3ccccc32)n2ccc(=O)c(O)c21. The lowest BCUT2D eigenvalue weighted by Gasteiger charge is -2.38. The molecule has 0 radical (unpaired) electrons. The van der Waals surface area contributed by atoms with Crippen molar-refractivity contribution in [3.63, 3.8) is 0 Å². The van der Waals surface area contributed by atoms with Crippen LogP contribution in [-0.4, -0.2) is 22.2 Å². The van der Waals surface area contributed by atoms with Crippen LogP contribution in [0.25, 0.3) is 0 Å². The summed E-state index contributed by atoms with van der Waals surface area (Å²) in [6.07, 6.45) is 3.43. The second kappa shape index (κ2) is 8.47. The number of nitrogens with one attached hydrogen (secondary N) is 1. The zero-order chi connectivity index (χ0) is 23.9. The van der Waals surface area contributed by atoms with E-state index in [0.717, 1.165) is 29.5 Å². The summed E-state index contributed by atoms with van der Waals surface area (Å²) in [7, 11) is 0. The summed E-state index contributed by atoms with van der Waals surface area (Å²) < 4.78 is 1.67. The van der Waals surface area contributed by atoms with Crippen LogP contribution in [0.2, 0.25) is 0 Å². The van der Waals surface area contributed by atoms with Gasteiger partial charge in [0.1, 0.15) is 0 Å². The number of hydrogen-bond acceptors (Lipinski definition) is 4. The minimum atomic E-state index is -0.578. The van der Waals surface area contributed by atoms with E-state index in [1.807, 2.05) is 42.5 Å². The first-order valence-electron chi connectivity index (χ1n) is 11.8. The monoisotopic (exact) mass is 463 g/mol. The second-order valence-electron chi connectivity index (χ2n) is 9.08. The van der Waals surface area contributed by atoms with Crippen molar-refractivity contribution in [2.75, 3.05) is 11.6 Å². The highest BCUT2D eigenvalue weighted by Gasteiger charge is 2.36. The Bertz CT molecular complexity index is 1430. The highest BCUT2D eigenvalue weighted by atomic mass is 16.3. The van der Waals surface area contributed by atoms with Gasteiger partial charge in [-0.3, -0.25) is 19.3 Å². The van der Waals surface area contributed by atoms with Gasteiger partial charge in [-0.1, -0.05) is 78.9 Å². The smallest absolute Gasteiger partial charge is 0.274 e. The lowest BCUT2D eigenvalue weighted by Crippen LogP contribution is -2.43. The normalized spacial score (nSPS) is 17.4. The Kier molecular flexibility index (Phi) is 5.14. The molecule has 2 heterocycles. The maximum absolute atomic E-state index is 13.4. The maximum Gasteiger partial charge on any atom is 0.274 e. The standard InChI is InChI=1S/C29H25N3O3/c33-25-16-17-31-27(28(25)34)29(35)30-24(21-10-2-1-3-11-21)18-32(31)26-22-12-6-4-8-19(22)14-15-20-9-5-7-13-23(20)26/h1-13,16-17,24,26,34H,14-15,18H2,(H,30,35)/t24-/m0/s1. The van der Waals surface area contributed by atoms with Gasteiger partial charge in [-0.2, -0.15) is 0 Å². The number of amides is 1. The highest BCUT2D eigenvalue weighted by Crippen LogP contribution is 2.38. The molecule has 0 fully saturated rings. The van der Waals surface area contributed by atoms with Crippen LogP contribution >= 0.6 is 0 Å². The van der Waals surface area contributed by atoms with Crippen LogP contribution in [0.1, 0.15) is 50.4 Å². The molecule has 0 spiro atoms. The molecule has 0 bridgehead atoms. The minimum absolute atomic E-state index is 0.0462. The molecule has 6 heteroatoms. The van der Waals surface area contributed by atoms with Crippen LogP contribution in [0, 0.1) is 0 Å². The molecule has 6 rings (SSSR count). The van der Waals surface area contributed by atoms with Crippen molar-refractivity contribution in [3.05, 3.63) is 135 Å². The number of carbonyl (C=O) groups is 1. The summed E-state index contributed by atoms with van der Waals surface area (Å²) in [6.45, 7) is 0.443. The number of nitrogens with zero attached hydrogens (tertiary/aromatic N) is 2. The zero-order valence-corrected chi connectivity index (χ0v) is 19.1. The summed E-state index contributed by atoms with van der Waals surface area (Å²) in [5, 5.41) is 15.9. The number of benzene rings is 3. The molecular weight excluding hydrogens is 438 g/mol. The van der Waals surface area contributed by atoms with Crippen LogP contribution in [0.15, 0.2) is 95.9 Å². The van der Waals surface area contributed by atoms with Crippen molar-refractivity contribution in [2.45, 2.75) is 24.9 Å². The van der Waals surface area contributed by atoms with E-state index in [0.29, 0.717) is 6.54 Å². The first kappa shape index (κ1) is 21.2. The van der Waals surface area contributed by atoms with Crippen LogP contribution < -0.4 is 15.8 Å². The first-order valence-corrected chi connectivity index (χ1v) is 11.8. The summed E-state index contributed by atoms with van der Waals surface area (Å²) in [6, 6.07) is 27.4. The first-order chi connectivity index (χ1) is 17.1. The van der Waals surface area contributed by atoms with E-state index in [1.54, 1.807) is 10.9 Å². The van der Waals surface area contributed by atoms with E-state index in [2.05, 4.69) is 46.7 Å². The Balaban J connectivity index is 1.62. The molecule has 2 aliphatic rings. The van der Waals surface area contributed by atoms with E-state index in [4.69, 9.17) is 0 Å². The topological polar surface area (TPSA) is 74.6 Å². The van der Waals surface area contributed by atoms with Gasteiger partial charge in [0.15, 0.2) is 11.4 Å². The van der Waals surface area contributed by atoms with Gasteiger partial charge in [0.2, 0.25) is 5.43 Å². The average Bonchev–Trinajstić information content (AvgIpc) is 3.15. The van der Waals surface area contributed by atoms with E-state index >= 15 is 0 Å². The Morgan fingerprint density at radius 3 is 2.03 bits per heavy atom. The molecule has 35 heavy (non-hydrogen) atoms. The Labute approximate surface area is 203 Å². The fraction of sp³-hybridized carbons (Fsp3) is 0.172. The highest BCUT2D eigenvalue weighted by molar-refractivity contribution is 5.96. The number of aryl methyl sites for hydroxylation is 2. The van der Waals surface area contributed by atoms with Crippen molar-refractivity contribution >= 4 is 5.91 Å². The molecule has 1 aliphatic carbocycles. The van der Waals surface area contributed by atoms with Crippen molar-refractivity contribution < 1.29 is 9.90 Å². The molecule has 4 aromatic rings. The van der Waals surface area contributed by atoms with Crippen LogP contribution in [0.5, 0.6) is 5.75 Å². The van der Waals surface area contributed by atoms with Gasteiger partial charge in [0, 0.05) is 12.3 Å². The molecule has 1 aliphatic heterocycles. The molecule has 1 aromatic heterocycles. The number of carbonyl (C=O) groups excluding carboxylic acids is 1. The van der Waals surface area contributed by atoms with Crippen LogP contribution in [0.3, 0.4) is 0 Å². The lowest BCUT2D eigenvalue weighted by molar-refractivity contribution is 0.0933. The van der Waals surface area contributed by atoms with Gasteiger partial charge >= 0.3 is 0 Å². The summed E-state index contributed by atoms with van der Waals surface area (Å²) in [5.74, 6) is -1.02. The number of fused-ring (bicyclic) bond motifs is 3. The molecule has 3 aromatic carbocycles. The third kappa shape index (κ3) is 3.58. The summed E-state index contributed by atoms with van der Waals surface area (Å²) in [4.78, 5) is 25.8. The van der Waals surface area contributed by atoms with Crippen molar-refractivity contribution in [3.8, 4) is 5.75 Å². The average molecular weight is 464 g/mol. The van der Waals surface area contributed by atoms with Gasteiger partial charge in [0.25, 0.3) is 5.91 Å². The zero-order valence-electron chi connectivity index (χ0n) is 19.1. The second-order valence-corrected chi connectivity index (χ2v) is 9.08. The number of hydrogen-bond donors (Lipinski definition) is 2. The van der Waals surface area contributed by atoms with Crippen molar-refractivity contribution in [1.29, 1.82) is 0 Å². The molecule has 1 amide bonds. The maximum atomic E-state index is 13.4. The van der Waals surface area contributed by atoms with Gasteiger partial charge in [0.05, 0.1) is 18.6 Å². The van der Waals surface area contributed by atoms with Gasteiger partial charge < -0.3 is 10.4 Å². The van der Waals surface area contributed by atoms with Gasteiger partial charge in [-0.25, -0.2) is 0 Å². The predicted molar refractivity (Wildman–Crippen MR) is 134 cm³/mol. The third-order valence-electron chi connectivity index (χ3n) is 7.08. The van der Waals surface area contributed by atoms with Crippen LogP contribution in [-0.2, 0) is 12.8 Å². The van der Waals surface area contributed by atoms with E-state index in [9.17, 15) is 14.7 Å². The minimum Gasteiger partial charge on any atom is -0.502 e. The Hall–Kier alpha value is -4.32. The Morgan fingerprint density at radius 1 is 0.771 bits per heavy atom. The van der Waals surface area contributed by atoms with Gasteiger partial charge in [-0.15, -0.1) is 0 Å². The predicted octanol–water partition coefficient (Wildman–Crippen LogP) is 3.86. The summed E-state index contributed by atoms with van der Waals surface area (Å²) >= 11 is 0. The summed E-state index contributed by atoms with van der Waals surface area (Å²) in [5.41, 5.74) is 5.14. The van der Waals surface area contributed by atoms with Crippen molar-refractivity contribution in [1.82, 2.24) is 9.99 Å². The molecule has 174 valence electrons. The third-order valence-corrected chi connectivity index (χ3v) is 7.08. The molecule has 6 nitrogen and oxygen atoms in total. The number of aromatic nitrogens is 1. The largest absolute Gasteiger partial charge is 0.502 e. The Morgan fingerprint density at radius 2 is 1.37 bits per heavy atom. The quantitative estimate of drug-likeness (QED) is 0.473. The molecule has 0 saturated carbocycles. The number of pyridine rings is 1. The number of aromatic hydroxyl groups is 1. The molecular formula is C29H25N3O3. The molecule has 2 N–H and O–H groups in total. The fourth-order valence-electron chi connectivity index (χ4n) is 5.41. The van der Waals surface area contributed by atoms with Crippen LogP contribution in [0.4, 0.5) is 0 Å². The fourth-order valence-corrected chi connectivity index (χ4v) is 5.41. The molecule has 1 atom stereocenters. The van der Waals surface area contributed by atoms with Gasteiger partial charge in [-0.05, 0) is 40.7 Å². The molecule has 0 unspecified atom stereocenters. The van der Waals surface area contributed by atoms with Crippen molar-refractivity contribution in [2.24, 2.45) is 0 Å². The van der Waals surface area contributed by atoms with E-state index < -0.39 is 17.1 Å². The number of rotatable bonds is 2. The molecule has 0 saturated heterocycles. The lowest BCUT2D eigenvalue weighted by atomic mass is 9.93. The van der Waals surface area contributed by atoms with E-state index in [-0.39, 0.29) is 17.8 Å². The van der Waals surface area contributed by atoms with E-state index in [1.165, 1.54) is 17.2 Å².